The van der Waals surface area contributed by atoms with Crippen LogP contribution in [0.15, 0.2) is 23.0 Å². The molecule has 2 aromatic rings. The molecule has 1 atom stereocenters. The van der Waals surface area contributed by atoms with Crippen molar-refractivity contribution in [2.45, 2.75) is 19.0 Å². The van der Waals surface area contributed by atoms with E-state index in [1.54, 1.807) is 4.57 Å². The van der Waals surface area contributed by atoms with E-state index in [1.807, 2.05) is 7.05 Å². The minimum absolute atomic E-state index is 0. The number of rotatable bonds is 3. The number of likely N-dealkylation sites (tertiary alicyclic amines) is 1. The molecular weight excluding hydrogens is 344 g/mol. The summed E-state index contributed by atoms with van der Waals surface area (Å²) in [6.07, 6.45) is 1.28. The summed E-state index contributed by atoms with van der Waals surface area (Å²) in [5.74, 6) is 0. The summed E-state index contributed by atoms with van der Waals surface area (Å²) in [6, 6.07) is 7.17. The van der Waals surface area contributed by atoms with Gasteiger partial charge >= 0.3 is 4.87 Å². The maximum Gasteiger partial charge on any atom is 0.307 e. The van der Waals surface area contributed by atoms with E-state index >= 15 is 0 Å². The van der Waals surface area contributed by atoms with Crippen molar-refractivity contribution in [2.24, 2.45) is 7.05 Å². The van der Waals surface area contributed by atoms with Gasteiger partial charge in [-0.05, 0) is 24.1 Å². The van der Waals surface area contributed by atoms with Gasteiger partial charge in [-0.15, -0.1) is 12.4 Å². The highest BCUT2D eigenvalue weighted by Gasteiger charge is 2.28. The first-order chi connectivity index (χ1) is 11.2. The minimum Gasteiger partial charge on any atom is -0.314 e. The second-order valence-corrected chi connectivity index (χ2v) is 7.69. The number of halogens is 1. The van der Waals surface area contributed by atoms with Crippen LogP contribution in [0.25, 0.3) is 10.2 Å². The Bertz CT molecular complexity index is 753. The molecule has 2 aliphatic heterocycles. The van der Waals surface area contributed by atoms with Gasteiger partial charge in [0.05, 0.1) is 10.2 Å². The molecule has 1 aromatic carbocycles. The molecule has 4 rings (SSSR count). The molecule has 24 heavy (non-hydrogen) atoms. The predicted molar refractivity (Wildman–Crippen MR) is 102 cm³/mol. The molecule has 0 amide bonds. The van der Waals surface area contributed by atoms with Crippen LogP contribution in [0, 0.1) is 0 Å². The number of nitrogens with zero attached hydrogens (tertiary/aromatic N) is 3. The highest BCUT2D eigenvalue weighted by atomic mass is 35.5. The van der Waals surface area contributed by atoms with Gasteiger partial charge in [0, 0.05) is 58.9 Å². The van der Waals surface area contributed by atoms with Crippen LogP contribution in [-0.4, -0.2) is 59.7 Å². The molecular formula is C17H25ClN4OS. The third kappa shape index (κ3) is 3.53. The summed E-state index contributed by atoms with van der Waals surface area (Å²) in [6.45, 7) is 7.96. The fourth-order valence-electron chi connectivity index (χ4n) is 3.84. The molecule has 2 saturated heterocycles. The predicted octanol–water partition coefficient (Wildman–Crippen LogP) is 1.50. The molecule has 1 unspecified atom stereocenters. The van der Waals surface area contributed by atoms with Crippen molar-refractivity contribution in [3.05, 3.63) is 33.4 Å². The topological polar surface area (TPSA) is 40.5 Å². The van der Waals surface area contributed by atoms with Crippen molar-refractivity contribution in [2.75, 3.05) is 39.3 Å². The summed E-state index contributed by atoms with van der Waals surface area (Å²) >= 11 is 1.35. The van der Waals surface area contributed by atoms with Gasteiger partial charge < -0.3 is 9.88 Å². The standard InChI is InChI=1S/C17H24N4OS.ClH/c1-19-15-3-2-13(10-16(15)23-17(19)22)11-20-7-4-14(12-20)21-8-5-18-6-9-21;/h2-3,10,14,18H,4-9,11-12H2,1H3;1H. The lowest BCUT2D eigenvalue weighted by Crippen LogP contribution is -2.49. The molecule has 2 aliphatic rings. The molecule has 0 saturated carbocycles. The van der Waals surface area contributed by atoms with Crippen LogP contribution in [0.4, 0.5) is 0 Å². The Hall–Kier alpha value is -0.920. The van der Waals surface area contributed by atoms with Crippen molar-refractivity contribution < 1.29 is 0 Å². The van der Waals surface area contributed by atoms with Crippen molar-refractivity contribution in [3.8, 4) is 0 Å². The number of nitrogens with one attached hydrogen (secondary N) is 1. The van der Waals surface area contributed by atoms with E-state index in [9.17, 15) is 4.79 Å². The van der Waals surface area contributed by atoms with Gasteiger partial charge in [0.2, 0.25) is 0 Å². The summed E-state index contributed by atoms with van der Waals surface area (Å²) in [5, 5.41) is 3.43. The third-order valence-electron chi connectivity index (χ3n) is 5.18. The number of hydrogen-bond donors (Lipinski definition) is 1. The van der Waals surface area contributed by atoms with Crippen LogP contribution in [0.2, 0.25) is 0 Å². The van der Waals surface area contributed by atoms with Gasteiger partial charge in [-0.25, -0.2) is 0 Å². The third-order valence-corrected chi connectivity index (χ3v) is 6.17. The zero-order valence-electron chi connectivity index (χ0n) is 14.0. The summed E-state index contributed by atoms with van der Waals surface area (Å²) in [5.41, 5.74) is 2.36. The smallest absolute Gasteiger partial charge is 0.307 e. The Kier molecular flexibility index (Phi) is 5.62. The molecule has 5 nitrogen and oxygen atoms in total. The molecule has 1 aromatic heterocycles. The maximum absolute atomic E-state index is 11.8. The number of fused-ring (bicyclic) bond motifs is 1. The number of aryl methyl sites for hydroxylation is 1. The van der Waals surface area contributed by atoms with Crippen LogP contribution < -0.4 is 10.2 Å². The van der Waals surface area contributed by atoms with E-state index in [4.69, 9.17) is 0 Å². The molecule has 1 N–H and O–H groups in total. The molecule has 7 heteroatoms. The number of aromatic nitrogens is 1. The number of thiazole rings is 1. The molecule has 2 fully saturated rings. The first kappa shape index (κ1) is 17.9. The van der Waals surface area contributed by atoms with Gasteiger partial charge in [-0.2, -0.15) is 0 Å². The van der Waals surface area contributed by atoms with E-state index in [2.05, 4.69) is 33.3 Å². The number of hydrogen-bond acceptors (Lipinski definition) is 5. The lowest BCUT2D eigenvalue weighted by Gasteiger charge is -2.32. The summed E-state index contributed by atoms with van der Waals surface area (Å²) < 4.78 is 2.84. The van der Waals surface area contributed by atoms with Gasteiger partial charge in [0.15, 0.2) is 0 Å². The lowest BCUT2D eigenvalue weighted by molar-refractivity contribution is 0.170. The zero-order valence-corrected chi connectivity index (χ0v) is 15.7. The van der Waals surface area contributed by atoms with Crippen LogP contribution in [0.3, 0.4) is 0 Å². The second-order valence-electron chi connectivity index (χ2n) is 6.69. The van der Waals surface area contributed by atoms with Crippen LogP contribution >= 0.6 is 23.7 Å². The van der Waals surface area contributed by atoms with Crippen molar-refractivity contribution in [3.63, 3.8) is 0 Å². The normalized spacial score (nSPS) is 22.8. The zero-order chi connectivity index (χ0) is 15.8. The van der Waals surface area contributed by atoms with Gasteiger partial charge in [0.25, 0.3) is 0 Å². The van der Waals surface area contributed by atoms with Gasteiger partial charge in [-0.1, -0.05) is 17.4 Å². The van der Waals surface area contributed by atoms with Gasteiger partial charge in [-0.3, -0.25) is 14.6 Å². The van der Waals surface area contributed by atoms with Crippen molar-refractivity contribution in [1.82, 2.24) is 19.7 Å². The Morgan fingerprint density at radius 3 is 2.83 bits per heavy atom. The SMILES string of the molecule is Cl.Cn1c(=O)sc2cc(CN3CCC(N4CCNCC4)C3)ccc21. The summed E-state index contributed by atoms with van der Waals surface area (Å²) in [7, 11) is 1.85. The quantitative estimate of drug-likeness (QED) is 0.891. The Morgan fingerprint density at radius 2 is 2.04 bits per heavy atom. The highest BCUT2D eigenvalue weighted by molar-refractivity contribution is 7.16. The lowest BCUT2D eigenvalue weighted by atomic mass is 10.2. The fourth-order valence-corrected chi connectivity index (χ4v) is 4.78. The van der Waals surface area contributed by atoms with Crippen molar-refractivity contribution >= 4 is 34.0 Å². The first-order valence-electron chi connectivity index (χ1n) is 8.46. The Labute approximate surface area is 152 Å². The van der Waals surface area contributed by atoms with E-state index in [0.717, 1.165) is 29.9 Å². The first-order valence-corrected chi connectivity index (χ1v) is 9.28. The average molecular weight is 369 g/mol. The van der Waals surface area contributed by atoms with E-state index < -0.39 is 0 Å². The molecule has 0 spiro atoms. The molecule has 3 heterocycles. The Balaban J connectivity index is 0.00000169. The average Bonchev–Trinajstić information content (AvgIpc) is 3.14. The van der Waals surface area contributed by atoms with E-state index in [-0.39, 0.29) is 17.3 Å². The number of piperazine rings is 1. The molecule has 0 aliphatic carbocycles. The second kappa shape index (κ2) is 7.54. The molecule has 0 bridgehead atoms. The van der Waals surface area contributed by atoms with Crippen molar-refractivity contribution in [1.29, 1.82) is 0 Å². The number of benzene rings is 1. The van der Waals surface area contributed by atoms with E-state index in [1.165, 1.54) is 49.5 Å². The highest BCUT2D eigenvalue weighted by Crippen LogP contribution is 2.22. The van der Waals surface area contributed by atoms with Crippen LogP contribution in [-0.2, 0) is 13.6 Å². The Morgan fingerprint density at radius 1 is 1.25 bits per heavy atom. The van der Waals surface area contributed by atoms with Crippen LogP contribution in [0.5, 0.6) is 0 Å². The maximum atomic E-state index is 11.8. The van der Waals surface area contributed by atoms with Gasteiger partial charge in [0.1, 0.15) is 0 Å². The monoisotopic (exact) mass is 368 g/mol. The van der Waals surface area contributed by atoms with Crippen LogP contribution in [0.1, 0.15) is 12.0 Å². The summed E-state index contributed by atoms with van der Waals surface area (Å²) in [4.78, 5) is 17.1. The molecule has 0 radical (unpaired) electrons. The molecule has 132 valence electrons. The minimum atomic E-state index is 0. The van der Waals surface area contributed by atoms with E-state index in [0.29, 0.717) is 6.04 Å². The largest absolute Gasteiger partial charge is 0.314 e. The fraction of sp³-hybridized carbons (Fsp3) is 0.588.